The lowest BCUT2D eigenvalue weighted by Crippen LogP contribution is -2.48. The number of hydrogen-bond donors (Lipinski definition) is 0. The highest BCUT2D eigenvalue weighted by Crippen LogP contribution is 2.39. The van der Waals surface area contributed by atoms with Gasteiger partial charge in [-0.3, -0.25) is 4.79 Å². The highest BCUT2D eigenvalue weighted by atomic mass is 19.4. The summed E-state index contributed by atoms with van der Waals surface area (Å²) in [6, 6.07) is 0. The van der Waals surface area contributed by atoms with Gasteiger partial charge in [0.15, 0.2) is 0 Å². The van der Waals surface area contributed by atoms with Crippen LogP contribution in [0.1, 0.15) is 13.8 Å². The zero-order chi connectivity index (χ0) is 12.6. The van der Waals surface area contributed by atoms with Gasteiger partial charge in [0, 0.05) is 6.08 Å². The molecule has 1 unspecified atom stereocenters. The van der Waals surface area contributed by atoms with Crippen LogP contribution in [0.2, 0.25) is 0 Å². The Balaban J connectivity index is 2.90. The molecule has 0 fully saturated rings. The quantitative estimate of drug-likeness (QED) is 0.681. The zero-order valence-corrected chi connectivity index (χ0v) is 8.55. The van der Waals surface area contributed by atoms with Crippen molar-refractivity contribution >= 4 is 11.8 Å². The Morgan fingerprint density at radius 1 is 1.56 bits per heavy atom. The first-order chi connectivity index (χ1) is 7.22. The van der Waals surface area contributed by atoms with Crippen LogP contribution in [-0.2, 0) is 19.1 Å². The monoisotopic (exact) mass is 238 g/mol. The molecule has 0 bridgehead atoms. The number of hydrogen-bond acceptors (Lipinski definition) is 4. The summed E-state index contributed by atoms with van der Waals surface area (Å²) in [6.07, 6.45) is -4.37. The molecule has 90 valence electrons. The van der Waals surface area contributed by atoms with E-state index in [1.807, 2.05) is 0 Å². The molecular formula is C9H9F3O4. The largest absolute Gasteiger partial charge is 0.462 e. The standard InChI is InChI=1S/C9H9F3O4/c1-3-15-7(14)5-4-6(13)8(2,16-5)9(10,11)12/h4H,3H2,1-2H3. The van der Waals surface area contributed by atoms with Crippen LogP contribution in [0.4, 0.5) is 13.2 Å². The average Bonchev–Trinajstić information content (AvgIpc) is 2.44. The fourth-order valence-corrected chi connectivity index (χ4v) is 1.06. The van der Waals surface area contributed by atoms with Crippen molar-refractivity contribution in [2.75, 3.05) is 6.61 Å². The molecule has 1 aliphatic heterocycles. The molecule has 1 rings (SSSR count). The SMILES string of the molecule is CCOC(=O)C1=CC(=O)C(C)(C(F)(F)F)O1. The average molecular weight is 238 g/mol. The lowest BCUT2D eigenvalue weighted by Gasteiger charge is -2.25. The number of ketones is 1. The van der Waals surface area contributed by atoms with Crippen molar-refractivity contribution in [3.63, 3.8) is 0 Å². The topological polar surface area (TPSA) is 52.6 Å². The van der Waals surface area contributed by atoms with Crippen molar-refractivity contribution in [1.29, 1.82) is 0 Å². The lowest BCUT2D eigenvalue weighted by molar-refractivity contribution is -0.243. The summed E-state index contributed by atoms with van der Waals surface area (Å²) in [5.74, 6) is -3.11. The molecule has 0 saturated carbocycles. The first kappa shape index (κ1) is 12.5. The first-order valence-corrected chi connectivity index (χ1v) is 4.41. The van der Waals surface area contributed by atoms with Crippen LogP contribution in [0.3, 0.4) is 0 Å². The molecule has 0 aliphatic carbocycles. The molecule has 1 atom stereocenters. The second-order valence-corrected chi connectivity index (χ2v) is 3.23. The van der Waals surface area contributed by atoms with Gasteiger partial charge < -0.3 is 9.47 Å². The van der Waals surface area contributed by atoms with Crippen LogP contribution in [-0.4, -0.2) is 30.1 Å². The van der Waals surface area contributed by atoms with Gasteiger partial charge in [-0.15, -0.1) is 0 Å². The van der Waals surface area contributed by atoms with Crippen molar-refractivity contribution in [3.05, 3.63) is 11.8 Å². The fraction of sp³-hybridized carbons (Fsp3) is 0.556. The van der Waals surface area contributed by atoms with Gasteiger partial charge >= 0.3 is 12.1 Å². The molecule has 0 aromatic rings. The molecule has 16 heavy (non-hydrogen) atoms. The van der Waals surface area contributed by atoms with E-state index in [9.17, 15) is 22.8 Å². The Bertz CT molecular complexity index is 358. The van der Waals surface area contributed by atoms with Crippen LogP contribution in [0.25, 0.3) is 0 Å². The Hall–Kier alpha value is -1.53. The molecule has 0 aromatic heterocycles. The van der Waals surface area contributed by atoms with E-state index in [0.717, 1.165) is 0 Å². The minimum Gasteiger partial charge on any atom is -0.462 e. The van der Waals surface area contributed by atoms with E-state index < -0.39 is 29.3 Å². The number of carbonyl (C=O) groups is 2. The molecule has 4 nitrogen and oxygen atoms in total. The summed E-state index contributed by atoms with van der Waals surface area (Å²) in [6.45, 7) is 2.03. The van der Waals surface area contributed by atoms with Gasteiger partial charge in [-0.1, -0.05) is 0 Å². The molecular weight excluding hydrogens is 229 g/mol. The van der Waals surface area contributed by atoms with Crippen LogP contribution >= 0.6 is 0 Å². The summed E-state index contributed by atoms with van der Waals surface area (Å²) in [5, 5.41) is 0. The molecule has 0 N–H and O–H groups in total. The maximum Gasteiger partial charge on any atom is 0.435 e. The highest BCUT2D eigenvalue weighted by molar-refractivity contribution is 6.06. The number of carbonyl (C=O) groups excluding carboxylic acids is 2. The zero-order valence-electron chi connectivity index (χ0n) is 8.55. The molecule has 1 heterocycles. The number of rotatable bonds is 2. The minimum absolute atomic E-state index is 0.0174. The summed E-state index contributed by atoms with van der Waals surface area (Å²) in [7, 11) is 0. The van der Waals surface area contributed by atoms with Crippen LogP contribution in [0.5, 0.6) is 0 Å². The molecule has 1 aliphatic rings. The third kappa shape index (κ3) is 1.89. The molecule has 0 saturated heterocycles. The Morgan fingerprint density at radius 3 is 2.50 bits per heavy atom. The van der Waals surface area contributed by atoms with E-state index in [0.29, 0.717) is 13.0 Å². The first-order valence-electron chi connectivity index (χ1n) is 4.41. The van der Waals surface area contributed by atoms with E-state index in [2.05, 4.69) is 9.47 Å². The predicted molar refractivity (Wildman–Crippen MR) is 45.3 cm³/mol. The van der Waals surface area contributed by atoms with Crippen molar-refractivity contribution in [2.24, 2.45) is 0 Å². The highest BCUT2D eigenvalue weighted by Gasteiger charge is 2.62. The van der Waals surface area contributed by atoms with Crippen molar-refractivity contribution in [2.45, 2.75) is 25.6 Å². The number of esters is 1. The molecule has 0 aromatic carbocycles. The predicted octanol–water partition coefficient (Wildman–Crippen LogP) is 1.35. The fourth-order valence-electron chi connectivity index (χ4n) is 1.06. The minimum atomic E-state index is -4.88. The van der Waals surface area contributed by atoms with Gasteiger partial charge in [-0.25, -0.2) is 4.79 Å². The maximum atomic E-state index is 12.5. The van der Waals surface area contributed by atoms with Gasteiger partial charge in [-0.2, -0.15) is 13.2 Å². The summed E-state index contributed by atoms with van der Waals surface area (Å²) in [4.78, 5) is 22.2. The molecule has 0 radical (unpaired) electrons. The molecule has 7 heteroatoms. The van der Waals surface area contributed by atoms with Crippen LogP contribution in [0, 0.1) is 0 Å². The second-order valence-electron chi connectivity index (χ2n) is 3.23. The van der Waals surface area contributed by atoms with E-state index in [-0.39, 0.29) is 6.61 Å². The van der Waals surface area contributed by atoms with E-state index in [4.69, 9.17) is 0 Å². The van der Waals surface area contributed by atoms with Crippen LogP contribution in [0.15, 0.2) is 11.8 Å². The summed E-state index contributed by atoms with van der Waals surface area (Å²) >= 11 is 0. The van der Waals surface area contributed by atoms with Crippen molar-refractivity contribution in [1.82, 2.24) is 0 Å². The van der Waals surface area contributed by atoms with Gasteiger partial charge in [0.2, 0.25) is 11.5 Å². The van der Waals surface area contributed by atoms with Crippen LogP contribution < -0.4 is 0 Å². The Morgan fingerprint density at radius 2 is 2.12 bits per heavy atom. The van der Waals surface area contributed by atoms with Gasteiger partial charge in [0.25, 0.3) is 5.60 Å². The van der Waals surface area contributed by atoms with Gasteiger partial charge in [0.05, 0.1) is 6.61 Å². The summed E-state index contributed by atoms with van der Waals surface area (Å²) in [5.41, 5.74) is -2.99. The Kier molecular flexibility index (Phi) is 2.98. The van der Waals surface area contributed by atoms with Crippen molar-refractivity contribution < 1.29 is 32.2 Å². The number of alkyl halides is 3. The third-order valence-corrected chi connectivity index (χ3v) is 2.06. The normalized spacial score (nSPS) is 25.1. The van der Waals surface area contributed by atoms with Gasteiger partial charge in [-0.05, 0) is 13.8 Å². The van der Waals surface area contributed by atoms with E-state index in [1.165, 1.54) is 6.92 Å². The Labute approximate surface area is 89.0 Å². The number of halogens is 3. The smallest absolute Gasteiger partial charge is 0.435 e. The third-order valence-electron chi connectivity index (χ3n) is 2.06. The van der Waals surface area contributed by atoms with E-state index >= 15 is 0 Å². The lowest BCUT2D eigenvalue weighted by atomic mass is 10.0. The van der Waals surface area contributed by atoms with Crippen molar-refractivity contribution in [3.8, 4) is 0 Å². The maximum absolute atomic E-state index is 12.5. The summed E-state index contributed by atoms with van der Waals surface area (Å²) < 4.78 is 46.2. The van der Waals surface area contributed by atoms with E-state index in [1.54, 1.807) is 0 Å². The molecule has 0 spiro atoms. The number of ether oxygens (including phenoxy) is 2. The molecule has 0 amide bonds. The van der Waals surface area contributed by atoms with Gasteiger partial charge in [0.1, 0.15) is 0 Å². The second kappa shape index (κ2) is 3.80.